The minimum atomic E-state index is -0.489. The molecule has 1 N–H and O–H groups in total. The number of fused-ring (bicyclic) bond motifs is 1. The molecule has 0 radical (unpaired) electrons. The third-order valence-corrected chi connectivity index (χ3v) is 4.58. The maximum absolute atomic E-state index is 12.7. The van der Waals surface area contributed by atoms with Crippen molar-refractivity contribution in [2.75, 3.05) is 5.32 Å². The van der Waals surface area contributed by atoms with Gasteiger partial charge in [0.05, 0.1) is 11.2 Å². The van der Waals surface area contributed by atoms with Crippen LogP contribution in [-0.2, 0) is 11.3 Å². The van der Waals surface area contributed by atoms with Crippen LogP contribution >= 0.6 is 11.6 Å². The molecule has 0 atom stereocenters. The Hall–Kier alpha value is -3.44. The molecule has 1 amide bonds. The number of hydrogen-bond acceptors (Lipinski definition) is 3. The van der Waals surface area contributed by atoms with Gasteiger partial charge in [-0.3, -0.25) is 9.36 Å². The molecule has 138 valence electrons. The number of carbonyl (C=O) groups excluding carboxylic acids is 1. The van der Waals surface area contributed by atoms with Crippen LogP contribution in [0.15, 0.2) is 83.7 Å². The molecule has 0 bridgehead atoms. The molecule has 5 nitrogen and oxygen atoms in total. The van der Waals surface area contributed by atoms with Gasteiger partial charge in [-0.1, -0.05) is 60.1 Å². The fourth-order valence-electron chi connectivity index (χ4n) is 3.09. The van der Waals surface area contributed by atoms with Crippen LogP contribution in [0, 0.1) is 0 Å². The van der Waals surface area contributed by atoms with E-state index in [1.54, 1.807) is 30.3 Å². The van der Waals surface area contributed by atoms with Gasteiger partial charge in [-0.25, -0.2) is 4.79 Å². The molecule has 0 spiro atoms. The summed E-state index contributed by atoms with van der Waals surface area (Å²) in [7, 11) is 0. The first-order valence-corrected chi connectivity index (χ1v) is 9.10. The van der Waals surface area contributed by atoms with Gasteiger partial charge in [0.2, 0.25) is 5.91 Å². The lowest BCUT2D eigenvalue weighted by atomic mass is 10.1. The summed E-state index contributed by atoms with van der Waals surface area (Å²) in [6.45, 7) is -0.145. The lowest BCUT2D eigenvalue weighted by Crippen LogP contribution is -2.30. The van der Waals surface area contributed by atoms with Gasteiger partial charge in [-0.2, -0.15) is 4.98 Å². The number of amides is 1. The summed E-state index contributed by atoms with van der Waals surface area (Å²) in [5.74, 6) is -0.307. The van der Waals surface area contributed by atoms with Crippen molar-refractivity contribution in [3.63, 3.8) is 0 Å². The van der Waals surface area contributed by atoms with E-state index in [4.69, 9.17) is 11.6 Å². The zero-order valence-corrected chi connectivity index (χ0v) is 15.6. The fraction of sp³-hybridized carbons (Fsp3) is 0.0455. The highest BCUT2D eigenvalue weighted by Crippen LogP contribution is 2.27. The third kappa shape index (κ3) is 3.66. The van der Waals surface area contributed by atoms with E-state index in [1.807, 2.05) is 48.5 Å². The van der Waals surface area contributed by atoms with Gasteiger partial charge < -0.3 is 5.32 Å². The highest BCUT2D eigenvalue weighted by molar-refractivity contribution is 6.31. The average Bonchev–Trinajstić information content (AvgIpc) is 2.71. The minimum Gasteiger partial charge on any atom is -0.325 e. The summed E-state index contributed by atoms with van der Waals surface area (Å²) in [6, 6.07) is 23.7. The largest absolute Gasteiger partial charge is 0.349 e. The van der Waals surface area contributed by atoms with Gasteiger partial charge in [-0.15, -0.1) is 0 Å². The normalized spacial score (nSPS) is 10.8. The molecule has 4 rings (SSSR count). The summed E-state index contributed by atoms with van der Waals surface area (Å²) in [6.07, 6.45) is 0. The number of benzene rings is 3. The van der Waals surface area contributed by atoms with Crippen LogP contribution in [0.2, 0.25) is 5.02 Å². The fourth-order valence-corrected chi connectivity index (χ4v) is 3.26. The number of rotatable bonds is 4. The number of para-hydroxylation sites is 1. The molecule has 28 heavy (non-hydrogen) atoms. The maximum Gasteiger partial charge on any atom is 0.349 e. The Morgan fingerprint density at radius 3 is 2.36 bits per heavy atom. The van der Waals surface area contributed by atoms with E-state index in [9.17, 15) is 9.59 Å². The molecule has 0 saturated carbocycles. The van der Waals surface area contributed by atoms with Gasteiger partial charge in [0.25, 0.3) is 0 Å². The van der Waals surface area contributed by atoms with Crippen molar-refractivity contribution >= 4 is 34.1 Å². The number of carbonyl (C=O) groups is 1. The predicted octanol–water partition coefficient (Wildman–Crippen LogP) is 4.36. The first kappa shape index (κ1) is 17.9. The lowest BCUT2D eigenvalue weighted by Gasteiger charge is -2.13. The third-order valence-electron chi connectivity index (χ3n) is 4.35. The van der Waals surface area contributed by atoms with Crippen molar-refractivity contribution < 1.29 is 4.79 Å². The predicted molar refractivity (Wildman–Crippen MR) is 112 cm³/mol. The molecule has 4 aromatic rings. The van der Waals surface area contributed by atoms with Crippen LogP contribution in [0.1, 0.15) is 0 Å². The van der Waals surface area contributed by atoms with E-state index in [0.717, 1.165) is 5.56 Å². The number of anilines is 1. The highest BCUT2D eigenvalue weighted by Gasteiger charge is 2.15. The summed E-state index contributed by atoms with van der Waals surface area (Å²) in [4.78, 5) is 29.5. The van der Waals surface area contributed by atoms with Crippen LogP contribution in [0.4, 0.5) is 5.69 Å². The van der Waals surface area contributed by atoms with Gasteiger partial charge in [0.15, 0.2) is 0 Å². The Bertz CT molecular complexity index is 1210. The van der Waals surface area contributed by atoms with Crippen molar-refractivity contribution in [3.05, 3.63) is 94.4 Å². The van der Waals surface area contributed by atoms with E-state index in [0.29, 0.717) is 27.3 Å². The van der Waals surface area contributed by atoms with Gasteiger partial charge in [0, 0.05) is 21.7 Å². The van der Waals surface area contributed by atoms with Crippen LogP contribution in [0.25, 0.3) is 22.2 Å². The number of nitrogens with zero attached hydrogens (tertiary/aromatic N) is 2. The quantitative estimate of drug-likeness (QED) is 0.564. The second-order valence-corrected chi connectivity index (χ2v) is 6.71. The molecule has 1 heterocycles. The van der Waals surface area contributed by atoms with Crippen molar-refractivity contribution in [2.45, 2.75) is 6.54 Å². The molecule has 0 fully saturated rings. The first-order chi connectivity index (χ1) is 13.6. The Morgan fingerprint density at radius 2 is 1.64 bits per heavy atom. The standard InChI is InChI=1S/C22H16ClN3O2/c23-16-11-12-19-18(13-16)21(15-7-3-1-4-8-15)25-22(28)26(19)14-20(27)24-17-9-5-2-6-10-17/h1-13H,14H2,(H,24,27). The van der Waals surface area contributed by atoms with Crippen LogP contribution in [-0.4, -0.2) is 15.5 Å². The Morgan fingerprint density at radius 1 is 0.964 bits per heavy atom. The van der Waals surface area contributed by atoms with Gasteiger partial charge >= 0.3 is 5.69 Å². The molecule has 0 unspecified atom stereocenters. The summed E-state index contributed by atoms with van der Waals surface area (Å²) in [5, 5.41) is 4.03. The number of nitrogens with one attached hydrogen (secondary N) is 1. The van der Waals surface area contributed by atoms with Crippen LogP contribution < -0.4 is 11.0 Å². The highest BCUT2D eigenvalue weighted by atomic mass is 35.5. The summed E-state index contributed by atoms with van der Waals surface area (Å²) < 4.78 is 1.36. The molecule has 0 aliphatic carbocycles. The molecule has 3 aromatic carbocycles. The van der Waals surface area contributed by atoms with E-state index in [1.165, 1.54) is 4.57 Å². The monoisotopic (exact) mass is 389 g/mol. The van der Waals surface area contributed by atoms with Gasteiger partial charge in [-0.05, 0) is 30.3 Å². The molecule has 0 aliphatic rings. The topological polar surface area (TPSA) is 64.0 Å². The number of halogens is 1. The second-order valence-electron chi connectivity index (χ2n) is 6.27. The van der Waals surface area contributed by atoms with E-state index in [-0.39, 0.29) is 12.5 Å². The molecular formula is C22H16ClN3O2. The molecule has 6 heteroatoms. The zero-order valence-electron chi connectivity index (χ0n) is 14.8. The van der Waals surface area contributed by atoms with Gasteiger partial charge in [0.1, 0.15) is 6.54 Å². The molecule has 1 aromatic heterocycles. The molecule has 0 saturated heterocycles. The maximum atomic E-state index is 12.7. The Balaban J connectivity index is 1.78. The number of hydrogen-bond donors (Lipinski definition) is 1. The molecular weight excluding hydrogens is 374 g/mol. The SMILES string of the molecule is O=C(Cn1c(=O)nc(-c2ccccc2)c2cc(Cl)ccc21)Nc1ccccc1. The number of aromatic nitrogens is 2. The Kier molecular flexibility index (Phi) is 4.91. The van der Waals surface area contributed by atoms with E-state index in [2.05, 4.69) is 10.3 Å². The van der Waals surface area contributed by atoms with E-state index >= 15 is 0 Å². The minimum absolute atomic E-state index is 0.145. The summed E-state index contributed by atoms with van der Waals surface area (Å²) >= 11 is 6.19. The van der Waals surface area contributed by atoms with E-state index < -0.39 is 5.69 Å². The second kappa shape index (κ2) is 7.66. The average molecular weight is 390 g/mol. The smallest absolute Gasteiger partial charge is 0.325 e. The first-order valence-electron chi connectivity index (χ1n) is 8.72. The molecule has 0 aliphatic heterocycles. The van der Waals surface area contributed by atoms with Crippen molar-refractivity contribution in [2.24, 2.45) is 0 Å². The lowest BCUT2D eigenvalue weighted by molar-refractivity contribution is -0.116. The van der Waals surface area contributed by atoms with Crippen molar-refractivity contribution in [1.29, 1.82) is 0 Å². The van der Waals surface area contributed by atoms with Crippen molar-refractivity contribution in [1.82, 2.24) is 9.55 Å². The van der Waals surface area contributed by atoms with Crippen molar-refractivity contribution in [3.8, 4) is 11.3 Å². The zero-order chi connectivity index (χ0) is 19.5. The Labute approximate surface area is 166 Å². The van der Waals surface area contributed by atoms with Crippen LogP contribution in [0.5, 0.6) is 0 Å². The summed E-state index contributed by atoms with van der Waals surface area (Å²) in [5.41, 5.74) is 2.14. The van der Waals surface area contributed by atoms with Crippen LogP contribution in [0.3, 0.4) is 0 Å².